The number of hydrogen-bond donors (Lipinski definition) is 2. The quantitative estimate of drug-likeness (QED) is 0.775. The minimum Gasteiger partial charge on any atom is -0.368 e. The van der Waals surface area contributed by atoms with E-state index < -0.39 is 10.0 Å². The summed E-state index contributed by atoms with van der Waals surface area (Å²) in [5, 5.41) is 3.82. The molecule has 0 aromatic carbocycles. The SMILES string of the molecule is Nc1ncc(S(=O)(=O)Nc2cnns2)cn1. The maximum Gasteiger partial charge on any atom is 0.265 e. The zero-order valence-electron chi connectivity index (χ0n) is 7.73. The van der Waals surface area contributed by atoms with Gasteiger partial charge in [-0.2, -0.15) is 0 Å². The first-order chi connectivity index (χ1) is 7.58. The average Bonchev–Trinajstić information content (AvgIpc) is 2.70. The van der Waals surface area contributed by atoms with Gasteiger partial charge in [-0.05, 0) is 0 Å². The molecule has 10 heteroatoms. The van der Waals surface area contributed by atoms with Crippen LogP contribution in [0.25, 0.3) is 0 Å². The van der Waals surface area contributed by atoms with Crippen molar-refractivity contribution >= 4 is 32.5 Å². The summed E-state index contributed by atoms with van der Waals surface area (Å²) < 4.78 is 29.3. The van der Waals surface area contributed by atoms with Crippen molar-refractivity contribution in [3.63, 3.8) is 0 Å². The van der Waals surface area contributed by atoms with Gasteiger partial charge in [-0.25, -0.2) is 18.4 Å². The lowest BCUT2D eigenvalue weighted by Gasteiger charge is -2.03. The van der Waals surface area contributed by atoms with Gasteiger partial charge in [0.05, 0.1) is 18.6 Å². The summed E-state index contributed by atoms with van der Waals surface area (Å²) in [5.41, 5.74) is 5.25. The Balaban J connectivity index is 2.29. The summed E-state index contributed by atoms with van der Waals surface area (Å²) in [5.74, 6) is 0.0124. The normalized spacial score (nSPS) is 11.2. The number of hydrogen-bond acceptors (Lipinski definition) is 8. The van der Waals surface area contributed by atoms with E-state index in [1.54, 1.807) is 0 Å². The molecule has 0 bridgehead atoms. The molecule has 0 unspecified atom stereocenters. The molecule has 0 radical (unpaired) electrons. The summed E-state index contributed by atoms with van der Waals surface area (Å²) in [4.78, 5) is 7.11. The van der Waals surface area contributed by atoms with E-state index in [0.29, 0.717) is 5.00 Å². The van der Waals surface area contributed by atoms with Crippen LogP contribution >= 0.6 is 11.5 Å². The van der Waals surface area contributed by atoms with E-state index in [9.17, 15) is 8.42 Å². The molecule has 16 heavy (non-hydrogen) atoms. The van der Waals surface area contributed by atoms with E-state index in [1.165, 1.54) is 6.20 Å². The molecular formula is C6H6N6O2S2. The smallest absolute Gasteiger partial charge is 0.265 e. The third-order valence-corrected chi connectivity index (χ3v) is 3.58. The molecule has 2 aromatic heterocycles. The Morgan fingerprint density at radius 3 is 2.50 bits per heavy atom. The first kappa shape index (κ1) is 10.7. The monoisotopic (exact) mass is 258 g/mol. The van der Waals surface area contributed by atoms with Gasteiger partial charge < -0.3 is 5.73 Å². The second kappa shape index (κ2) is 3.98. The number of aromatic nitrogens is 4. The van der Waals surface area contributed by atoms with Crippen LogP contribution in [-0.4, -0.2) is 28.0 Å². The maximum absolute atomic E-state index is 11.7. The third kappa shape index (κ3) is 2.23. The van der Waals surface area contributed by atoms with Crippen LogP contribution in [0.5, 0.6) is 0 Å². The fourth-order valence-electron chi connectivity index (χ4n) is 0.868. The predicted octanol–water partition coefficient (Wildman–Crippen LogP) is -0.289. The van der Waals surface area contributed by atoms with Gasteiger partial charge in [0, 0.05) is 11.5 Å². The standard InChI is InChI=1S/C6H6N6O2S2/c7-6-8-1-4(2-9-6)16(13,14)11-5-3-10-12-15-5/h1-3,11H,(H2,7,8,9). The van der Waals surface area contributed by atoms with E-state index >= 15 is 0 Å². The molecule has 0 amide bonds. The van der Waals surface area contributed by atoms with Crippen molar-refractivity contribution in [2.45, 2.75) is 4.90 Å². The summed E-state index contributed by atoms with van der Waals surface area (Å²) in [7, 11) is -3.70. The van der Waals surface area contributed by atoms with Crippen LogP contribution < -0.4 is 10.5 Å². The molecule has 2 aromatic rings. The lowest BCUT2D eigenvalue weighted by atomic mass is 10.7. The molecule has 0 saturated carbocycles. The van der Waals surface area contributed by atoms with Crippen molar-refractivity contribution in [2.75, 3.05) is 10.5 Å². The fourth-order valence-corrected chi connectivity index (χ4v) is 2.44. The Bertz CT molecular complexity index is 564. The summed E-state index contributed by atoms with van der Waals surface area (Å²) in [6, 6.07) is 0. The highest BCUT2D eigenvalue weighted by atomic mass is 32.2. The van der Waals surface area contributed by atoms with Crippen LogP contribution in [0.1, 0.15) is 0 Å². The number of nitrogens with one attached hydrogen (secondary N) is 1. The fraction of sp³-hybridized carbons (Fsp3) is 0. The third-order valence-electron chi connectivity index (χ3n) is 1.55. The van der Waals surface area contributed by atoms with Gasteiger partial charge >= 0.3 is 0 Å². The summed E-state index contributed by atoms with van der Waals surface area (Å²) >= 11 is 0.931. The average molecular weight is 258 g/mol. The largest absolute Gasteiger partial charge is 0.368 e. The highest BCUT2D eigenvalue weighted by Gasteiger charge is 2.16. The number of anilines is 2. The Hall–Kier alpha value is -1.81. The van der Waals surface area contributed by atoms with E-state index in [-0.39, 0.29) is 10.8 Å². The molecule has 0 aliphatic heterocycles. The van der Waals surface area contributed by atoms with Gasteiger partial charge in [0.1, 0.15) is 9.90 Å². The predicted molar refractivity (Wildman–Crippen MR) is 57.2 cm³/mol. The number of nitrogens with two attached hydrogens (primary N) is 1. The number of nitrogen functional groups attached to an aromatic ring is 1. The summed E-state index contributed by atoms with van der Waals surface area (Å²) in [6.45, 7) is 0. The van der Waals surface area contributed by atoms with Crippen LogP contribution in [0, 0.1) is 0 Å². The summed E-state index contributed by atoms with van der Waals surface area (Å²) in [6.07, 6.45) is 3.55. The van der Waals surface area contributed by atoms with Crippen LogP contribution in [0.3, 0.4) is 0 Å². The Kier molecular flexibility index (Phi) is 2.66. The molecule has 8 nitrogen and oxygen atoms in total. The molecule has 2 heterocycles. The lowest BCUT2D eigenvalue weighted by molar-refractivity contribution is 0.600. The second-order valence-corrected chi connectivity index (χ2v) is 5.13. The van der Waals surface area contributed by atoms with E-state index in [4.69, 9.17) is 5.73 Å². The molecule has 84 valence electrons. The molecule has 0 fully saturated rings. The molecule has 0 atom stereocenters. The minimum atomic E-state index is -3.70. The van der Waals surface area contributed by atoms with Crippen molar-refractivity contribution < 1.29 is 8.42 Å². The maximum atomic E-state index is 11.7. The van der Waals surface area contributed by atoms with Crippen molar-refractivity contribution in [1.29, 1.82) is 0 Å². The lowest BCUT2D eigenvalue weighted by Crippen LogP contribution is -2.13. The molecule has 0 spiro atoms. The molecule has 2 rings (SSSR count). The van der Waals surface area contributed by atoms with E-state index in [2.05, 4.69) is 24.3 Å². The number of nitrogens with zero attached hydrogens (tertiary/aromatic N) is 4. The zero-order valence-corrected chi connectivity index (χ0v) is 9.36. The molecule has 0 aliphatic carbocycles. The van der Waals surface area contributed by atoms with Gasteiger partial charge in [0.2, 0.25) is 5.95 Å². The zero-order chi connectivity index (χ0) is 11.6. The van der Waals surface area contributed by atoms with E-state index in [0.717, 1.165) is 23.9 Å². The first-order valence-electron chi connectivity index (χ1n) is 3.95. The van der Waals surface area contributed by atoms with E-state index in [1.807, 2.05) is 0 Å². The Morgan fingerprint density at radius 2 is 1.94 bits per heavy atom. The molecular weight excluding hydrogens is 252 g/mol. The van der Waals surface area contributed by atoms with Crippen molar-refractivity contribution in [3.8, 4) is 0 Å². The first-order valence-corrected chi connectivity index (χ1v) is 6.21. The molecule has 0 saturated heterocycles. The van der Waals surface area contributed by atoms with Gasteiger partial charge in [-0.3, -0.25) is 4.72 Å². The second-order valence-electron chi connectivity index (χ2n) is 2.66. The topological polar surface area (TPSA) is 124 Å². The van der Waals surface area contributed by atoms with Gasteiger partial charge in [0.15, 0.2) is 0 Å². The van der Waals surface area contributed by atoms with Gasteiger partial charge in [-0.1, -0.05) is 4.49 Å². The van der Waals surface area contributed by atoms with Crippen molar-refractivity contribution in [3.05, 3.63) is 18.6 Å². The van der Waals surface area contributed by atoms with Gasteiger partial charge in [-0.15, -0.1) is 5.10 Å². The molecule has 3 N–H and O–H groups in total. The van der Waals surface area contributed by atoms with Crippen molar-refractivity contribution in [1.82, 2.24) is 19.6 Å². The Labute approximate surface area is 94.8 Å². The van der Waals surface area contributed by atoms with Crippen LogP contribution in [0.15, 0.2) is 23.5 Å². The minimum absolute atomic E-state index is 0.0124. The van der Waals surface area contributed by atoms with Crippen LogP contribution in [-0.2, 0) is 10.0 Å². The van der Waals surface area contributed by atoms with Crippen LogP contribution in [0.2, 0.25) is 0 Å². The number of sulfonamides is 1. The Morgan fingerprint density at radius 1 is 1.25 bits per heavy atom. The van der Waals surface area contributed by atoms with Gasteiger partial charge in [0.25, 0.3) is 10.0 Å². The van der Waals surface area contributed by atoms with Crippen LogP contribution in [0.4, 0.5) is 10.9 Å². The molecule has 0 aliphatic rings. The van der Waals surface area contributed by atoms with Crippen molar-refractivity contribution in [2.24, 2.45) is 0 Å². The number of rotatable bonds is 3. The highest BCUT2D eigenvalue weighted by molar-refractivity contribution is 7.93. The highest BCUT2D eigenvalue weighted by Crippen LogP contribution is 2.16.